The monoisotopic (exact) mass is 429 g/mol. The zero-order valence-electron chi connectivity index (χ0n) is 16.0. The zero-order chi connectivity index (χ0) is 20.4. The largest absolute Gasteiger partial charge is 0.367 e. The molecule has 0 spiro atoms. The summed E-state index contributed by atoms with van der Waals surface area (Å²) in [4.78, 5) is 22.8. The van der Waals surface area contributed by atoms with Gasteiger partial charge in [-0.2, -0.15) is 4.98 Å². The van der Waals surface area contributed by atoms with Crippen molar-refractivity contribution in [2.24, 2.45) is 0 Å². The summed E-state index contributed by atoms with van der Waals surface area (Å²) in [5, 5.41) is 8.78. The van der Waals surface area contributed by atoms with Crippen molar-refractivity contribution in [3.8, 4) is 0 Å². The van der Waals surface area contributed by atoms with Gasteiger partial charge >= 0.3 is 0 Å². The molecule has 2 aromatic carbocycles. The molecule has 0 aliphatic carbocycles. The van der Waals surface area contributed by atoms with E-state index >= 15 is 0 Å². The van der Waals surface area contributed by atoms with Gasteiger partial charge in [-0.3, -0.25) is 4.79 Å². The summed E-state index contributed by atoms with van der Waals surface area (Å²) in [6.07, 6.45) is 1.76. The summed E-state index contributed by atoms with van der Waals surface area (Å²) in [5.41, 5.74) is 1.56. The summed E-state index contributed by atoms with van der Waals surface area (Å²) < 4.78 is 0. The van der Waals surface area contributed by atoms with E-state index in [-0.39, 0.29) is 11.9 Å². The number of piperidine rings is 1. The second kappa shape index (κ2) is 8.43. The van der Waals surface area contributed by atoms with Crippen LogP contribution in [0.3, 0.4) is 0 Å². The molecule has 1 aromatic heterocycles. The van der Waals surface area contributed by atoms with Gasteiger partial charge < -0.3 is 15.5 Å². The Morgan fingerprint density at radius 3 is 2.45 bits per heavy atom. The third-order valence-corrected chi connectivity index (χ3v) is 5.44. The van der Waals surface area contributed by atoms with Crippen LogP contribution in [0.15, 0.2) is 42.5 Å². The van der Waals surface area contributed by atoms with Gasteiger partial charge in [0.25, 0.3) is 0 Å². The molecule has 1 amide bonds. The molecule has 1 fully saturated rings. The smallest absolute Gasteiger partial charge is 0.229 e. The molecule has 0 radical (unpaired) electrons. The van der Waals surface area contributed by atoms with Crippen LogP contribution in [0.5, 0.6) is 0 Å². The number of para-hydroxylation sites is 1. The van der Waals surface area contributed by atoms with E-state index in [0.29, 0.717) is 16.0 Å². The minimum absolute atomic E-state index is 0.127. The lowest BCUT2D eigenvalue weighted by molar-refractivity contribution is -0.129. The maximum Gasteiger partial charge on any atom is 0.229 e. The average Bonchev–Trinajstić information content (AvgIpc) is 2.67. The lowest BCUT2D eigenvalue weighted by Crippen LogP contribution is -2.41. The van der Waals surface area contributed by atoms with Gasteiger partial charge in [0.1, 0.15) is 5.82 Å². The number of amides is 1. The van der Waals surface area contributed by atoms with E-state index in [9.17, 15) is 4.79 Å². The summed E-state index contributed by atoms with van der Waals surface area (Å²) in [6, 6.07) is 13.4. The molecular formula is C21H21Cl2N5O. The van der Waals surface area contributed by atoms with Crippen molar-refractivity contribution in [1.29, 1.82) is 0 Å². The predicted molar refractivity (Wildman–Crippen MR) is 118 cm³/mol. The topological polar surface area (TPSA) is 70.2 Å². The highest BCUT2D eigenvalue weighted by atomic mass is 35.5. The maximum absolute atomic E-state index is 11.6. The van der Waals surface area contributed by atoms with Gasteiger partial charge in [0.2, 0.25) is 11.9 Å². The van der Waals surface area contributed by atoms with Crippen LogP contribution < -0.4 is 10.6 Å². The van der Waals surface area contributed by atoms with Crippen molar-refractivity contribution < 1.29 is 4.79 Å². The van der Waals surface area contributed by atoms with Gasteiger partial charge in [0.05, 0.1) is 5.52 Å². The molecule has 2 N–H and O–H groups in total. The molecule has 8 heteroatoms. The Morgan fingerprint density at radius 1 is 1.07 bits per heavy atom. The Hall–Kier alpha value is -2.57. The van der Waals surface area contributed by atoms with Crippen LogP contribution in [0.4, 0.5) is 17.5 Å². The van der Waals surface area contributed by atoms with Crippen LogP contribution in [0.25, 0.3) is 10.9 Å². The highest BCUT2D eigenvalue weighted by molar-refractivity contribution is 6.35. The fraction of sp³-hybridized carbons (Fsp3) is 0.286. The second-order valence-corrected chi connectivity index (χ2v) is 7.99. The first-order valence-corrected chi connectivity index (χ1v) is 10.3. The van der Waals surface area contributed by atoms with Crippen LogP contribution in [-0.2, 0) is 4.79 Å². The van der Waals surface area contributed by atoms with E-state index < -0.39 is 0 Å². The lowest BCUT2D eigenvalue weighted by atomic mass is 10.0. The van der Waals surface area contributed by atoms with Crippen LogP contribution in [0.2, 0.25) is 10.0 Å². The van der Waals surface area contributed by atoms with Gasteiger partial charge in [-0.05, 0) is 43.2 Å². The Bertz CT molecular complexity index is 1030. The molecule has 4 rings (SSSR count). The van der Waals surface area contributed by atoms with Crippen LogP contribution in [0.1, 0.15) is 19.8 Å². The molecule has 29 heavy (non-hydrogen) atoms. The first kappa shape index (κ1) is 19.7. The van der Waals surface area contributed by atoms with Gasteiger partial charge in [-0.1, -0.05) is 35.3 Å². The summed E-state index contributed by atoms with van der Waals surface area (Å²) >= 11 is 12.2. The number of hydrogen-bond donors (Lipinski definition) is 2. The SMILES string of the molecule is CC(=O)N1CCC(Nc2nc(Nc3cc(Cl)cc(Cl)c3)nc3ccccc23)CC1. The molecule has 2 heterocycles. The van der Waals surface area contributed by atoms with Crippen molar-refractivity contribution in [3.05, 3.63) is 52.5 Å². The molecule has 3 aromatic rings. The van der Waals surface area contributed by atoms with E-state index in [0.717, 1.165) is 48.3 Å². The van der Waals surface area contributed by atoms with E-state index in [4.69, 9.17) is 28.2 Å². The number of carbonyl (C=O) groups excluding carboxylic acids is 1. The molecule has 0 saturated carbocycles. The molecule has 150 valence electrons. The number of fused-ring (bicyclic) bond motifs is 1. The fourth-order valence-electron chi connectivity index (χ4n) is 3.53. The first-order chi connectivity index (χ1) is 14.0. The van der Waals surface area contributed by atoms with E-state index in [1.54, 1.807) is 25.1 Å². The number of benzene rings is 2. The molecule has 0 bridgehead atoms. The summed E-state index contributed by atoms with van der Waals surface area (Å²) in [5.74, 6) is 1.36. The Kier molecular flexibility index (Phi) is 5.74. The Balaban J connectivity index is 1.60. The maximum atomic E-state index is 11.6. The fourth-order valence-corrected chi connectivity index (χ4v) is 4.06. The number of carbonyl (C=O) groups is 1. The molecule has 0 unspecified atom stereocenters. The van der Waals surface area contributed by atoms with Crippen molar-refractivity contribution in [1.82, 2.24) is 14.9 Å². The van der Waals surface area contributed by atoms with E-state index in [2.05, 4.69) is 15.6 Å². The van der Waals surface area contributed by atoms with E-state index in [1.165, 1.54) is 0 Å². The number of halogens is 2. The van der Waals surface area contributed by atoms with E-state index in [1.807, 2.05) is 29.2 Å². The standard InChI is InChI=1S/C21H21Cl2N5O/c1-13(29)28-8-6-16(7-9-28)24-20-18-4-2-3-5-19(18)26-21(27-20)25-17-11-14(22)10-15(23)12-17/h2-5,10-12,16H,6-9H2,1H3,(H2,24,25,26,27). The zero-order valence-corrected chi connectivity index (χ0v) is 17.5. The predicted octanol–water partition coefficient (Wildman–Crippen LogP) is 5.10. The minimum atomic E-state index is 0.127. The van der Waals surface area contributed by atoms with Crippen molar-refractivity contribution in [2.45, 2.75) is 25.8 Å². The average molecular weight is 430 g/mol. The van der Waals surface area contributed by atoms with Gasteiger partial charge in [-0.15, -0.1) is 0 Å². The highest BCUT2D eigenvalue weighted by Gasteiger charge is 2.21. The molecule has 1 aliphatic rings. The van der Waals surface area contributed by atoms with Crippen LogP contribution >= 0.6 is 23.2 Å². The van der Waals surface area contributed by atoms with Gasteiger partial charge in [0.15, 0.2) is 0 Å². The summed E-state index contributed by atoms with van der Waals surface area (Å²) in [7, 11) is 0. The number of aromatic nitrogens is 2. The number of nitrogens with zero attached hydrogens (tertiary/aromatic N) is 3. The molecule has 6 nitrogen and oxygen atoms in total. The molecule has 1 aliphatic heterocycles. The van der Waals surface area contributed by atoms with Crippen LogP contribution in [0, 0.1) is 0 Å². The number of likely N-dealkylation sites (tertiary alicyclic amines) is 1. The first-order valence-electron chi connectivity index (χ1n) is 9.50. The number of anilines is 3. The molecular weight excluding hydrogens is 409 g/mol. The highest BCUT2D eigenvalue weighted by Crippen LogP contribution is 2.28. The van der Waals surface area contributed by atoms with Crippen LogP contribution in [-0.4, -0.2) is 39.9 Å². The minimum Gasteiger partial charge on any atom is -0.367 e. The number of hydrogen-bond acceptors (Lipinski definition) is 5. The normalized spacial score (nSPS) is 14.8. The number of rotatable bonds is 4. The third kappa shape index (κ3) is 4.71. The second-order valence-electron chi connectivity index (χ2n) is 7.12. The Morgan fingerprint density at radius 2 is 1.76 bits per heavy atom. The van der Waals surface area contributed by atoms with Gasteiger partial charge in [-0.25, -0.2) is 4.98 Å². The van der Waals surface area contributed by atoms with Crippen molar-refractivity contribution >= 4 is 57.5 Å². The van der Waals surface area contributed by atoms with Crippen molar-refractivity contribution in [3.63, 3.8) is 0 Å². The molecule has 0 atom stereocenters. The van der Waals surface area contributed by atoms with Gasteiger partial charge in [0, 0.05) is 47.2 Å². The summed E-state index contributed by atoms with van der Waals surface area (Å²) in [6.45, 7) is 3.12. The molecule has 1 saturated heterocycles. The third-order valence-electron chi connectivity index (χ3n) is 5.00. The lowest BCUT2D eigenvalue weighted by Gasteiger charge is -2.32. The quantitative estimate of drug-likeness (QED) is 0.603. The Labute approximate surface area is 179 Å². The number of nitrogens with one attached hydrogen (secondary N) is 2. The van der Waals surface area contributed by atoms with Crippen molar-refractivity contribution in [2.75, 3.05) is 23.7 Å².